The van der Waals surface area contributed by atoms with Crippen LogP contribution in [0.3, 0.4) is 0 Å². The number of nitrogens with zero attached hydrogens (tertiary/aromatic N) is 7. The number of piperazine rings is 1. The highest BCUT2D eigenvalue weighted by Crippen LogP contribution is 2.25. The highest BCUT2D eigenvalue weighted by Gasteiger charge is 2.26. The van der Waals surface area contributed by atoms with Crippen LogP contribution >= 0.6 is 11.6 Å². The Bertz CT molecular complexity index is 1140. The van der Waals surface area contributed by atoms with Gasteiger partial charge in [0.2, 0.25) is 5.91 Å². The summed E-state index contributed by atoms with van der Waals surface area (Å²) in [6.45, 7) is 5.34. The molecule has 2 saturated heterocycles. The van der Waals surface area contributed by atoms with Crippen molar-refractivity contribution in [2.24, 2.45) is 5.92 Å². The molecule has 0 atom stereocenters. The summed E-state index contributed by atoms with van der Waals surface area (Å²) in [4.78, 5) is 28.3. The monoisotopic (exact) mass is 492 g/mol. The van der Waals surface area contributed by atoms with Crippen LogP contribution in [0.15, 0.2) is 48.8 Å². The van der Waals surface area contributed by atoms with E-state index in [4.69, 9.17) is 11.6 Å². The van der Waals surface area contributed by atoms with E-state index in [1.807, 2.05) is 42.5 Å². The van der Waals surface area contributed by atoms with E-state index in [9.17, 15) is 4.79 Å². The molecule has 0 radical (unpaired) electrons. The number of hydrogen-bond acceptors (Lipinski definition) is 8. The van der Waals surface area contributed by atoms with E-state index in [0.29, 0.717) is 10.8 Å². The number of carbonyl (C=O) groups is 1. The number of benzene rings is 1. The molecule has 182 valence electrons. The van der Waals surface area contributed by atoms with Crippen LogP contribution in [0.5, 0.6) is 0 Å². The van der Waals surface area contributed by atoms with E-state index in [2.05, 4.69) is 47.2 Å². The molecule has 0 spiro atoms. The number of likely N-dealkylation sites (N-methyl/N-ethyl adjacent to an activating group) is 1. The summed E-state index contributed by atoms with van der Waals surface area (Å²) < 4.78 is 0. The Balaban J connectivity index is 1.14. The first-order chi connectivity index (χ1) is 17.0. The highest BCUT2D eigenvalue weighted by molar-refractivity contribution is 6.30. The van der Waals surface area contributed by atoms with Crippen molar-refractivity contribution in [3.05, 3.63) is 53.8 Å². The number of piperidine rings is 1. The zero-order valence-electron chi connectivity index (χ0n) is 19.8. The maximum atomic E-state index is 12.9. The second-order valence-electron chi connectivity index (χ2n) is 9.09. The van der Waals surface area contributed by atoms with E-state index in [1.165, 1.54) is 6.33 Å². The zero-order chi connectivity index (χ0) is 24.2. The van der Waals surface area contributed by atoms with Crippen LogP contribution in [-0.4, -0.2) is 77.3 Å². The van der Waals surface area contributed by atoms with E-state index < -0.39 is 0 Å². The zero-order valence-corrected chi connectivity index (χ0v) is 20.5. The van der Waals surface area contributed by atoms with Gasteiger partial charge < -0.3 is 20.0 Å². The Morgan fingerprint density at radius 1 is 0.886 bits per heavy atom. The molecule has 2 aromatic heterocycles. The Morgan fingerprint density at radius 2 is 1.60 bits per heavy atom. The fourth-order valence-electron chi connectivity index (χ4n) is 4.49. The maximum Gasteiger partial charge on any atom is 0.228 e. The van der Waals surface area contributed by atoms with Gasteiger partial charge in [-0.2, -0.15) is 0 Å². The summed E-state index contributed by atoms with van der Waals surface area (Å²) in [6, 6.07) is 13.4. The molecule has 1 N–H and O–H groups in total. The predicted octanol–water partition coefficient (Wildman–Crippen LogP) is 3.19. The Labute approximate surface area is 210 Å². The summed E-state index contributed by atoms with van der Waals surface area (Å²) >= 11 is 5.97. The Kier molecular flexibility index (Phi) is 7.06. The number of anilines is 3. The average Bonchev–Trinajstić information content (AvgIpc) is 2.90. The van der Waals surface area contributed by atoms with Crippen molar-refractivity contribution in [2.45, 2.75) is 12.8 Å². The molecule has 2 aliphatic rings. The maximum absolute atomic E-state index is 12.9. The van der Waals surface area contributed by atoms with Gasteiger partial charge in [0.05, 0.1) is 5.69 Å². The molecule has 3 aromatic rings. The van der Waals surface area contributed by atoms with Gasteiger partial charge in [-0.3, -0.25) is 4.79 Å². The minimum absolute atomic E-state index is 0.0110. The van der Waals surface area contributed by atoms with Crippen LogP contribution in [0.1, 0.15) is 12.8 Å². The second-order valence-corrected chi connectivity index (χ2v) is 9.52. The number of aromatic nitrogens is 4. The van der Waals surface area contributed by atoms with Crippen molar-refractivity contribution in [1.82, 2.24) is 25.1 Å². The average molecular weight is 493 g/mol. The van der Waals surface area contributed by atoms with Gasteiger partial charge in [-0.25, -0.2) is 9.97 Å². The van der Waals surface area contributed by atoms with Gasteiger partial charge in [-0.15, -0.1) is 10.2 Å². The lowest BCUT2D eigenvalue weighted by Gasteiger charge is -2.33. The molecule has 35 heavy (non-hydrogen) atoms. The summed E-state index contributed by atoms with van der Waals surface area (Å²) in [5.41, 5.74) is 1.78. The Hall–Kier alpha value is -3.30. The summed E-state index contributed by atoms with van der Waals surface area (Å²) in [5.74, 6) is 2.20. The molecule has 1 amide bonds. The molecule has 9 nitrogen and oxygen atoms in total. The molecular formula is C25H29ClN8O. The van der Waals surface area contributed by atoms with Crippen molar-refractivity contribution in [2.75, 3.05) is 61.4 Å². The second kappa shape index (κ2) is 10.5. The van der Waals surface area contributed by atoms with Gasteiger partial charge in [-0.1, -0.05) is 23.7 Å². The third-order valence-corrected chi connectivity index (χ3v) is 6.96. The van der Waals surface area contributed by atoms with Crippen molar-refractivity contribution in [3.8, 4) is 11.3 Å². The lowest BCUT2D eigenvalue weighted by atomic mass is 9.96. The number of amides is 1. The molecule has 2 aliphatic heterocycles. The summed E-state index contributed by atoms with van der Waals surface area (Å²) in [7, 11) is 2.12. The Morgan fingerprint density at radius 3 is 2.29 bits per heavy atom. The van der Waals surface area contributed by atoms with Gasteiger partial charge in [-0.05, 0) is 44.2 Å². The molecule has 2 fully saturated rings. The minimum Gasteiger partial charge on any atom is -0.355 e. The third-order valence-electron chi connectivity index (χ3n) is 6.71. The highest BCUT2D eigenvalue weighted by atomic mass is 35.5. The van der Waals surface area contributed by atoms with E-state index >= 15 is 0 Å². The van der Waals surface area contributed by atoms with Crippen LogP contribution in [0, 0.1) is 5.92 Å². The third kappa shape index (κ3) is 5.68. The molecule has 4 heterocycles. The quantitative estimate of drug-likeness (QED) is 0.580. The molecule has 0 bridgehead atoms. The largest absolute Gasteiger partial charge is 0.355 e. The summed E-state index contributed by atoms with van der Waals surface area (Å²) in [6.07, 6.45) is 3.03. The molecule has 0 unspecified atom stereocenters. The normalized spacial score (nSPS) is 17.4. The van der Waals surface area contributed by atoms with Crippen molar-refractivity contribution >= 4 is 35.0 Å². The minimum atomic E-state index is -0.0606. The van der Waals surface area contributed by atoms with Gasteiger partial charge in [0, 0.05) is 61.8 Å². The number of hydrogen-bond donors (Lipinski definition) is 1. The molecule has 5 rings (SSSR count). The van der Waals surface area contributed by atoms with E-state index in [1.54, 1.807) is 0 Å². The van der Waals surface area contributed by atoms with Crippen LogP contribution in [0.4, 0.5) is 17.5 Å². The molecule has 1 aromatic carbocycles. The lowest BCUT2D eigenvalue weighted by molar-refractivity contribution is -0.120. The van der Waals surface area contributed by atoms with Crippen LogP contribution in [0.25, 0.3) is 11.3 Å². The van der Waals surface area contributed by atoms with Crippen LogP contribution < -0.4 is 15.1 Å². The van der Waals surface area contributed by atoms with Gasteiger partial charge in [0.1, 0.15) is 18.0 Å². The fraction of sp³-hybridized carbons (Fsp3) is 0.400. The van der Waals surface area contributed by atoms with Crippen LogP contribution in [-0.2, 0) is 4.79 Å². The van der Waals surface area contributed by atoms with Gasteiger partial charge >= 0.3 is 0 Å². The molecule has 0 aliphatic carbocycles. The fourth-order valence-corrected chi connectivity index (χ4v) is 4.62. The van der Waals surface area contributed by atoms with Crippen molar-refractivity contribution in [1.29, 1.82) is 0 Å². The summed E-state index contributed by atoms with van der Waals surface area (Å²) in [5, 5.41) is 12.5. The first-order valence-electron chi connectivity index (χ1n) is 12.0. The van der Waals surface area contributed by atoms with Crippen molar-refractivity contribution < 1.29 is 4.79 Å². The van der Waals surface area contributed by atoms with E-state index in [0.717, 1.165) is 75.0 Å². The van der Waals surface area contributed by atoms with E-state index in [-0.39, 0.29) is 11.8 Å². The first-order valence-corrected chi connectivity index (χ1v) is 12.3. The topological polar surface area (TPSA) is 90.4 Å². The molecule has 0 saturated carbocycles. The molecule has 10 heteroatoms. The standard InChI is InChI=1S/C25H29ClN8O/c1-32-12-14-34(15-13-32)24-16-22(27-17-28-24)29-25(35)19-8-10-33(11-9-19)23-7-6-21(30-31-23)18-2-4-20(26)5-3-18/h2-7,16-17,19H,8-15H2,1H3,(H,27,28,29,35). The SMILES string of the molecule is CN1CCN(c2cc(NC(=O)C3CCN(c4ccc(-c5ccc(Cl)cc5)nn4)CC3)ncn2)CC1. The smallest absolute Gasteiger partial charge is 0.228 e. The number of carbonyl (C=O) groups excluding carboxylic acids is 1. The van der Waals surface area contributed by atoms with Crippen LogP contribution in [0.2, 0.25) is 5.02 Å². The van der Waals surface area contributed by atoms with Crippen molar-refractivity contribution in [3.63, 3.8) is 0 Å². The number of nitrogens with one attached hydrogen (secondary N) is 1. The predicted molar refractivity (Wildman–Crippen MR) is 138 cm³/mol. The number of rotatable bonds is 5. The van der Waals surface area contributed by atoms with Gasteiger partial charge in [0.15, 0.2) is 5.82 Å². The van der Waals surface area contributed by atoms with Gasteiger partial charge in [0.25, 0.3) is 0 Å². The number of halogens is 1. The molecular weight excluding hydrogens is 464 g/mol. The first kappa shape index (κ1) is 23.4. The lowest BCUT2D eigenvalue weighted by Crippen LogP contribution is -2.44.